The Kier molecular flexibility index (Phi) is 3.80. The molecule has 2 aliphatic heterocycles. The number of aliphatic imine (C=N–C) groups is 1. The molecule has 1 amide bonds. The maximum absolute atomic E-state index is 11.8. The average molecular weight is 266 g/mol. The summed E-state index contributed by atoms with van der Waals surface area (Å²) in [5.74, 6) is 0.735. The second-order valence-corrected chi connectivity index (χ2v) is 6.44. The van der Waals surface area contributed by atoms with Gasteiger partial charge in [-0.2, -0.15) is 0 Å². The first-order valence-corrected chi connectivity index (χ1v) is 6.97. The monoisotopic (exact) mass is 266 g/mol. The van der Waals surface area contributed by atoms with Crippen molar-refractivity contribution in [1.29, 1.82) is 0 Å². The first kappa shape index (κ1) is 13.2. The SMILES string of the molecule is CC(C)(C)CCOC(=O)N1C=CC2=NCSC2=C1. The second kappa shape index (κ2) is 5.18. The van der Waals surface area contributed by atoms with Gasteiger partial charge in [-0.3, -0.25) is 9.89 Å². The van der Waals surface area contributed by atoms with Gasteiger partial charge < -0.3 is 4.74 Å². The van der Waals surface area contributed by atoms with Crippen molar-refractivity contribution in [2.75, 3.05) is 12.5 Å². The minimum Gasteiger partial charge on any atom is -0.449 e. The number of hydrogen-bond donors (Lipinski definition) is 0. The number of fused-ring (bicyclic) bond motifs is 1. The summed E-state index contributed by atoms with van der Waals surface area (Å²) in [6.07, 6.45) is 5.87. The molecule has 2 rings (SSSR count). The largest absolute Gasteiger partial charge is 0.449 e. The van der Waals surface area contributed by atoms with Gasteiger partial charge in [-0.25, -0.2) is 4.79 Å². The highest BCUT2D eigenvalue weighted by Crippen LogP contribution is 2.28. The predicted octanol–water partition coefficient (Wildman–Crippen LogP) is 3.38. The Hall–Kier alpha value is -1.23. The minimum absolute atomic E-state index is 0.178. The number of allylic oxidation sites excluding steroid dienone is 2. The molecule has 0 unspecified atom stereocenters. The summed E-state index contributed by atoms with van der Waals surface area (Å²) in [6, 6.07) is 0. The van der Waals surface area contributed by atoms with Crippen molar-refractivity contribution < 1.29 is 9.53 Å². The maximum atomic E-state index is 11.8. The van der Waals surface area contributed by atoms with Crippen LogP contribution in [0, 0.1) is 5.41 Å². The fourth-order valence-electron chi connectivity index (χ4n) is 1.51. The minimum atomic E-state index is -0.324. The molecular formula is C13H18N2O2S. The third-order valence-electron chi connectivity index (χ3n) is 2.65. The highest BCUT2D eigenvalue weighted by atomic mass is 32.2. The summed E-state index contributed by atoms with van der Waals surface area (Å²) in [7, 11) is 0. The number of carbonyl (C=O) groups excluding carboxylic acids is 1. The van der Waals surface area contributed by atoms with Crippen LogP contribution in [0.4, 0.5) is 4.79 Å². The molecule has 98 valence electrons. The standard InChI is InChI=1S/C13H18N2O2S/c1-13(2,3)5-7-17-12(16)15-6-4-10-11(8-15)18-9-14-10/h4,6,8H,5,7,9H2,1-3H3. The summed E-state index contributed by atoms with van der Waals surface area (Å²) in [5, 5.41) is 0. The molecule has 0 spiro atoms. The Labute approximate surface area is 112 Å². The van der Waals surface area contributed by atoms with E-state index in [1.54, 1.807) is 24.2 Å². The first-order valence-electron chi connectivity index (χ1n) is 5.98. The lowest BCUT2D eigenvalue weighted by Gasteiger charge is -2.21. The molecule has 0 N–H and O–H groups in total. The summed E-state index contributed by atoms with van der Waals surface area (Å²) < 4.78 is 5.25. The molecule has 0 aromatic heterocycles. The van der Waals surface area contributed by atoms with Gasteiger partial charge in [0.05, 0.1) is 23.1 Å². The van der Waals surface area contributed by atoms with Gasteiger partial charge in [0.25, 0.3) is 0 Å². The molecule has 0 radical (unpaired) electrons. The lowest BCUT2D eigenvalue weighted by atomic mass is 9.93. The van der Waals surface area contributed by atoms with Crippen LogP contribution < -0.4 is 0 Å². The van der Waals surface area contributed by atoms with E-state index in [1.807, 2.05) is 6.08 Å². The van der Waals surface area contributed by atoms with Gasteiger partial charge in [0, 0.05) is 12.4 Å². The molecule has 0 aromatic carbocycles. The summed E-state index contributed by atoms with van der Waals surface area (Å²) >= 11 is 1.63. The number of ether oxygens (including phenoxy) is 1. The number of rotatable bonds is 2. The van der Waals surface area contributed by atoms with E-state index in [4.69, 9.17) is 4.74 Å². The topological polar surface area (TPSA) is 41.9 Å². The van der Waals surface area contributed by atoms with Gasteiger partial charge in [-0.1, -0.05) is 32.5 Å². The van der Waals surface area contributed by atoms with E-state index < -0.39 is 0 Å². The summed E-state index contributed by atoms with van der Waals surface area (Å²) in [5.41, 5.74) is 1.14. The smallest absolute Gasteiger partial charge is 0.417 e. The van der Waals surface area contributed by atoms with Crippen molar-refractivity contribution in [3.05, 3.63) is 23.4 Å². The fraction of sp³-hybridized carbons (Fsp3) is 0.538. The Bertz CT molecular complexity index is 433. The van der Waals surface area contributed by atoms with Gasteiger partial charge in [-0.15, -0.1) is 0 Å². The molecule has 0 bridgehead atoms. The van der Waals surface area contributed by atoms with Crippen molar-refractivity contribution >= 4 is 23.6 Å². The molecule has 0 fully saturated rings. The van der Waals surface area contributed by atoms with E-state index >= 15 is 0 Å². The van der Waals surface area contributed by atoms with Crippen LogP contribution in [0.15, 0.2) is 28.4 Å². The Balaban J connectivity index is 1.86. The molecule has 0 aliphatic carbocycles. The van der Waals surface area contributed by atoms with Crippen molar-refractivity contribution in [2.45, 2.75) is 27.2 Å². The number of hydrogen-bond acceptors (Lipinski definition) is 4. The predicted molar refractivity (Wildman–Crippen MR) is 74.4 cm³/mol. The first-order chi connectivity index (χ1) is 8.46. The van der Waals surface area contributed by atoms with Crippen LogP contribution in [-0.4, -0.2) is 29.2 Å². The highest BCUT2D eigenvalue weighted by molar-refractivity contribution is 8.04. The Morgan fingerprint density at radius 2 is 2.33 bits per heavy atom. The molecule has 4 nitrogen and oxygen atoms in total. The molecule has 0 saturated carbocycles. The highest BCUT2D eigenvalue weighted by Gasteiger charge is 2.21. The molecule has 18 heavy (non-hydrogen) atoms. The molecular weight excluding hydrogens is 248 g/mol. The van der Waals surface area contributed by atoms with E-state index in [0.717, 1.165) is 22.9 Å². The zero-order chi connectivity index (χ0) is 13.2. The zero-order valence-electron chi connectivity index (χ0n) is 11.0. The maximum Gasteiger partial charge on any atom is 0.417 e. The third-order valence-corrected chi connectivity index (χ3v) is 3.53. The van der Waals surface area contributed by atoms with Crippen LogP contribution >= 0.6 is 11.8 Å². The average Bonchev–Trinajstić information content (AvgIpc) is 2.73. The number of thioether (sulfide) groups is 1. The van der Waals surface area contributed by atoms with Crippen LogP contribution in [0.5, 0.6) is 0 Å². The van der Waals surface area contributed by atoms with Gasteiger partial charge >= 0.3 is 6.09 Å². The summed E-state index contributed by atoms with van der Waals surface area (Å²) in [6.45, 7) is 6.83. The molecule has 0 saturated heterocycles. The molecule has 2 aliphatic rings. The van der Waals surface area contributed by atoms with Gasteiger partial charge in [-0.05, 0) is 17.9 Å². The molecule has 0 aromatic rings. The Morgan fingerprint density at radius 3 is 3.06 bits per heavy atom. The van der Waals surface area contributed by atoms with E-state index in [-0.39, 0.29) is 11.5 Å². The fourth-order valence-corrected chi connectivity index (χ4v) is 2.33. The quantitative estimate of drug-likeness (QED) is 0.769. The lowest BCUT2D eigenvalue weighted by molar-refractivity contribution is 0.114. The molecule has 5 heteroatoms. The number of nitrogens with zero attached hydrogens (tertiary/aromatic N) is 2. The third kappa shape index (κ3) is 3.38. The molecule has 2 heterocycles. The molecule has 0 atom stereocenters. The second-order valence-electron chi connectivity index (χ2n) is 5.46. The summed E-state index contributed by atoms with van der Waals surface area (Å²) in [4.78, 5) is 18.6. The van der Waals surface area contributed by atoms with Gasteiger partial charge in [0.1, 0.15) is 0 Å². The van der Waals surface area contributed by atoms with Crippen LogP contribution in [0.3, 0.4) is 0 Å². The van der Waals surface area contributed by atoms with Gasteiger partial charge in [0.2, 0.25) is 0 Å². The Morgan fingerprint density at radius 1 is 1.56 bits per heavy atom. The van der Waals surface area contributed by atoms with Crippen molar-refractivity contribution in [3.63, 3.8) is 0 Å². The van der Waals surface area contributed by atoms with E-state index in [1.165, 1.54) is 4.90 Å². The number of carbonyl (C=O) groups is 1. The van der Waals surface area contributed by atoms with Crippen LogP contribution in [0.25, 0.3) is 0 Å². The van der Waals surface area contributed by atoms with E-state index in [0.29, 0.717) is 6.61 Å². The van der Waals surface area contributed by atoms with Crippen molar-refractivity contribution in [2.24, 2.45) is 10.4 Å². The van der Waals surface area contributed by atoms with Crippen molar-refractivity contribution in [3.8, 4) is 0 Å². The lowest BCUT2D eigenvalue weighted by Crippen LogP contribution is -2.25. The normalized spacial score (nSPS) is 18.3. The van der Waals surface area contributed by atoms with Gasteiger partial charge in [0.15, 0.2) is 0 Å². The zero-order valence-corrected chi connectivity index (χ0v) is 11.8. The van der Waals surface area contributed by atoms with E-state index in [9.17, 15) is 4.79 Å². The number of amides is 1. The van der Waals surface area contributed by atoms with E-state index in [2.05, 4.69) is 25.8 Å². The van der Waals surface area contributed by atoms with Crippen LogP contribution in [-0.2, 0) is 4.74 Å². The van der Waals surface area contributed by atoms with Crippen LogP contribution in [0.1, 0.15) is 27.2 Å². The van der Waals surface area contributed by atoms with Crippen molar-refractivity contribution in [1.82, 2.24) is 4.90 Å². The van der Waals surface area contributed by atoms with Crippen LogP contribution in [0.2, 0.25) is 0 Å².